The number of fused-ring (bicyclic) bond motifs is 1. The number of rotatable bonds is 10. The van der Waals surface area contributed by atoms with Crippen molar-refractivity contribution in [2.24, 2.45) is 0 Å². The molecule has 1 fully saturated rings. The molecule has 1 aliphatic heterocycles. The summed E-state index contributed by atoms with van der Waals surface area (Å²) in [6.07, 6.45) is 4.67. The standard InChI is InChI=1S/C35H37BrCl2N2O3S/c1-39(35(41)33-28-10-5-4-8-25(28)20-29(36)34(33)43-2)22-26(24-12-13-30(37)31(38)21-24)16-19-40-17-14-23(15-18-40)27-9-6-7-11-32(27)44(3)42/h4-13,20-21,23,26H,14-19,22H2,1-3H3/t26-,44+/m1/s1. The van der Waals surface area contributed by atoms with Gasteiger partial charge in [-0.1, -0.05) is 71.7 Å². The van der Waals surface area contributed by atoms with Crippen LogP contribution in [0.2, 0.25) is 10.0 Å². The predicted octanol–water partition coefficient (Wildman–Crippen LogP) is 8.78. The minimum Gasteiger partial charge on any atom is -0.495 e. The summed E-state index contributed by atoms with van der Waals surface area (Å²) in [5.74, 6) is 0.889. The van der Waals surface area contributed by atoms with Gasteiger partial charge in [-0.25, -0.2) is 0 Å². The lowest BCUT2D eigenvalue weighted by Gasteiger charge is -2.34. The van der Waals surface area contributed by atoms with E-state index in [2.05, 4.69) is 26.9 Å². The fourth-order valence-corrected chi connectivity index (χ4v) is 8.08. The molecule has 5 rings (SSSR count). The van der Waals surface area contributed by atoms with Crippen molar-refractivity contribution in [1.29, 1.82) is 0 Å². The maximum atomic E-state index is 14.1. The summed E-state index contributed by atoms with van der Waals surface area (Å²) in [4.78, 5) is 19.3. The molecule has 0 saturated carbocycles. The van der Waals surface area contributed by atoms with Gasteiger partial charge in [0.15, 0.2) is 0 Å². The summed E-state index contributed by atoms with van der Waals surface area (Å²) in [5.41, 5.74) is 2.82. The fraction of sp³-hybridized carbons (Fsp3) is 0.343. The summed E-state index contributed by atoms with van der Waals surface area (Å²) >= 11 is 16.3. The molecule has 1 saturated heterocycles. The number of ether oxygens (including phenoxy) is 1. The lowest BCUT2D eigenvalue weighted by atomic mass is 9.88. The minimum atomic E-state index is -0.997. The summed E-state index contributed by atoms with van der Waals surface area (Å²) in [7, 11) is 2.44. The Labute approximate surface area is 281 Å². The van der Waals surface area contributed by atoms with Crippen LogP contribution in [0.15, 0.2) is 82.2 Å². The number of halogens is 3. The Bertz CT molecular complexity index is 1680. The minimum absolute atomic E-state index is 0.0455. The topological polar surface area (TPSA) is 49.9 Å². The zero-order valence-electron chi connectivity index (χ0n) is 25.2. The van der Waals surface area contributed by atoms with Crippen molar-refractivity contribution in [3.8, 4) is 5.75 Å². The number of methoxy groups -OCH3 is 1. The SMILES string of the molecule is COc1c(Br)cc2ccccc2c1C(=O)N(C)C[C@@H](CCN1CCC(c2ccccc2[S@](C)=O)CC1)c1ccc(Cl)c(Cl)c1. The van der Waals surface area contributed by atoms with E-state index in [9.17, 15) is 9.00 Å². The summed E-state index contributed by atoms with van der Waals surface area (Å²) in [6.45, 7) is 3.34. The predicted molar refractivity (Wildman–Crippen MR) is 186 cm³/mol. The number of nitrogens with zero attached hydrogens (tertiary/aromatic N) is 2. The van der Waals surface area contributed by atoms with Gasteiger partial charge < -0.3 is 14.5 Å². The van der Waals surface area contributed by atoms with Crippen LogP contribution in [0.3, 0.4) is 0 Å². The maximum Gasteiger partial charge on any atom is 0.258 e. The Kier molecular flexibility index (Phi) is 11.1. The molecule has 0 unspecified atom stereocenters. The molecule has 0 bridgehead atoms. The van der Waals surface area contributed by atoms with E-state index < -0.39 is 10.8 Å². The second-order valence-corrected chi connectivity index (χ2v) is 14.5. The van der Waals surface area contributed by atoms with E-state index in [0.717, 1.165) is 64.6 Å². The summed E-state index contributed by atoms with van der Waals surface area (Å²) in [6, 6.07) is 23.8. The Balaban J connectivity index is 1.33. The van der Waals surface area contributed by atoms with E-state index in [1.165, 1.54) is 5.56 Å². The van der Waals surface area contributed by atoms with Crippen LogP contribution in [0.25, 0.3) is 10.8 Å². The van der Waals surface area contributed by atoms with Crippen molar-refractivity contribution in [3.63, 3.8) is 0 Å². The van der Waals surface area contributed by atoms with Crippen molar-refractivity contribution >= 4 is 66.6 Å². The van der Waals surface area contributed by atoms with Gasteiger partial charge in [0.1, 0.15) is 5.75 Å². The highest BCUT2D eigenvalue weighted by Crippen LogP contribution is 2.37. The molecule has 44 heavy (non-hydrogen) atoms. The van der Waals surface area contributed by atoms with Crippen LogP contribution in [-0.4, -0.2) is 66.5 Å². The molecule has 9 heteroatoms. The van der Waals surface area contributed by atoms with Crippen molar-refractivity contribution in [2.45, 2.75) is 36.0 Å². The number of likely N-dealkylation sites (N-methyl/N-ethyl adjacent to an activating group) is 1. The molecular formula is C35H37BrCl2N2O3S. The van der Waals surface area contributed by atoms with Crippen molar-refractivity contribution in [1.82, 2.24) is 9.80 Å². The molecule has 0 spiro atoms. The first kappa shape index (κ1) is 33.0. The van der Waals surface area contributed by atoms with Gasteiger partial charge in [0, 0.05) is 30.7 Å². The first-order valence-corrected chi connectivity index (χ1v) is 17.9. The highest BCUT2D eigenvalue weighted by Gasteiger charge is 2.27. The molecule has 1 heterocycles. The first-order chi connectivity index (χ1) is 21.2. The molecule has 1 aliphatic rings. The van der Waals surface area contributed by atoms with Crippen LogP contribution in [0, 0.1) is 0 Å². The molecule has 5 nitrogen and oxygen atoms in total. The van der Waals surface area contributed by atoms with Crippen LogP contribution in [0.5, 0.6) is 5.75 Å². The molecule has 0 N–H and O–H groups in total. The van der Waals surface area contributed by atoms with Gasteiger partial charge in [0.25, 0.3) is 5.91 Å². The lowest BCUT2D eigenvalue weighted by Crippen LogP contribution is -2.36. The number of hydrogen-bond donors (Lipinski definition) is 0. The quantitative estimate of drug-likeness (QED) is 0.165. The second kappa shape index (κ2) is 14.8. The van der Waals surface area contributed by atoms with Gasteiger partial charge in [0.2, 0.25) is 0 Å². The van der Waals surface area contributed by atoms with E-state index in [1.807, 2.05) is 73.8 Å². The third-order valence-corrected chi connectivity index (χ3v) is 11.0. The highest BCUT2D eigenvalue weighted by atomic mass is 79.9. The average molecular weight is 717 g/mol. The van der Waals surface area contributed by atoms with Gasteiger partial charge in [-0.05, 0) is 107 Å². The molecule has 0 aromatic heterocycles. The molecule has 1 amide bonds. The number of amides is 1. The fourth-order valence-electron chi connectivity index (χ4n) is 6.33. The summed E-state index contributed by atoms with van der Waals surface area (Å²) < 4.78 is 18.8. The van der Waals surface area contributed by atoms with Gasteiger partial charge >= 0.3 is 0 Å². The van der Waals surface area contributed by atoms with E-state index >= 15 is 0 Å². The molecule has 232 valence electrons. The van der Waals surface area contributed by atoms with Gasteiger partial charge in [-0.2, -0.15) is 0 Å². The second-order valence-electron chi connectivity index (χ2n) is 11.4. The third kappa shape index (κ3) is 7.34. The molecule has 0 aliphatic carbocycles. The Morgan fingerprint density at radius 2 is 1.75 bits per heavy atom. The molecule has 4 aromatic carbocycles. The number of benzene rings is 4. The van der Waals surface area contributed by atoms with Gasteiger partial charge in [-0.3, -0.25) is 9.00 Å². The van der Waals surface area contributed by atoms with Gasteiger partial charge in [-0.15, -0.1) is 0 Å². The van der Waals surface area contributed by atoms with E-state index in [4.69, 9.17) is 27.9 Å². The Hall–Kier alpha value is -2.42. The summed E-state index contributed by atoms with van der Waals surface area (Å²) in [5, 5.41) is 2.84. The smallest absolute Gasteiger partial charge is 0.258 e. The third-order valence-electron chi connectivity index (χ3n) is 8.68. The average Bonchev–Trinajstić information content (AvgIpc) is 3.03. The number of hydrogen-bond acceptors (Lipinski definition) is 4. The van der Waals surface area contributed by atoms with E-state index in [-0.39, 0.29) is 11.8 Å². The van der Waals surface area contributed by atoms with E-state index in [0.29, 0.717) is 33.8 Å². The number of piperidine rings is 1. The molecule has 2 atom stereocenters. The zero-order chi connectivity index (χ0) is 31.4. The highest BCUT2D eigenvalue weighted by molar-refractivity contribution is 9.10. The van der Waals surface area contributed by atoms with Crippen molar-refractivity contribution in [2.75, 3.05) is 46.6 Å². The van der Waals surface area contributed by atoms with Crippen molar-refractivity contribution in [3.05, 3.63) is 104 Å². The van der Waals surface area contributed by atoms with Crippen LogP contribution in [0.4, 0.5) is 0 Å². The van der Waals surface area contributed by atoms with Crippen molar-refractivity contribution < 1.29 is 13.7 Å². The Morgan fingerprint density at radius 3 is 2.45 bits per heavy atom. The van der Waals surface area contributed by atoms with Crippen LogP contribution in [0.1, 0.15) is 52.6 Å². The maximum absolute atomic E-state index is 14.1. The number of likely N-dealkylation sites (tertiary alicyclic amines) is 1. The largest absolute Gasteiger partial charge is 0.495 e. The van der Waals surface area contributed by atoms with Crippen LogP contribution in [-0.2, 0) is 10.8 Å². The van der Waals surface area contributed by atoms with Gasteiger partial charge in [0.05, 0.1) is 38.0 Å². The number of carbonyl (C=O) groups is 1. The van der Waals surface area contributed by atoms with Crippen LogP contribution < -0.4 is 4.74 Å². The molecule has 4 aromatic rings. The Morgan fingerprint density at radius 1 is 1.05 bits per heavy atom. The monoisotopic (exact) mass is 714 g/mol. The zero-order valence-corrected chi connectivity index (χ0v) is 29.1. The number of carbonyl (C=O) groups excluding carboxylic acids is 1. The first-order valence-electron chi connectivity index (χ1n) is 14.8. The molecular weight excluding hydrogens is 679 g/mol. The van der Waals surface area contributed by atoms with E-state index in [1.54, 1.807) is 18.3 Å². The normalized spacial score (nSPS) is 15.7. The molecule has 0 radical (unpaired) electrons. The van der Waals surface area contributed by atoms with Crippen LogP contribution >= 0.6 is 39.1 Å². The lowest BCUT2D eigenvalue weighted by molar-refractivity contribution is 0.0780.